The number of benzene rings is 2. The summed E-state index contributed by atoms with van der Waals surface area (Å²) in [5.41, 5.74) is 2.79. The molecule has 0 spiro atoms. The van der Waals surface area contributed by atoms with E-state index in [1.165, 1.54) is 0 Å². The number of aliphatic carboxylic acids is 1. The molecule has 2 aromatic carbocycles. The lowest BCUT2D eigenvalue weighted by molar-refractivity contribution is -0.155. The Hall–Kier alpha value is -4.94. The van der Waals surface area contributed by atoms with Crippen LogP contribution < -0.4 is 15.5 Å². The predicted octanol–water partition coefficient (Wildman–Crippen LogP) is 0.973. The fourth-order valence-corrected chi connectivity index (χ4v) is 4.45. The van der Waals surface area contributed by atoms with Crippen LogP contribution in [0.1, 0.15) is 36.0 Å². The zero-order valence-corrected chi connectivity index (χ0v) is 21.5. The molecule has 0 bridgehead atoms. The number of carbonyl (C=O) groups is 6. The Labute approximate surface area is 229 Å². The van der Waals surface area contributed by atoms with Gasteiger partial charge in [-0.1, -0.05) is 36.4 Å². The number of carbonyl (C=O) groups excluding carboxylic acids is 5. The first-order chi connectivity index (χ1) is 19.2. The van der Waals surface area contributed by atoms with Gasteiger partial charge in [0, 0.05) is 18.5 Å². The fourth-order valence-electron chi connectivity index (χ4n) is 4.45. The summed E-state index contributed by atoms with van der Waals surface area (Å²) >= 11 is 0. The molecule has 0 aromatic heterocycles. The van der Waals surface area contributed by atoms with Gasteiger partial charge in [0.1, 0.15) is 24.4 Å². The van der Waals surface area contributed by atoms with Crippen LogP contribution in [0.15, 0.2) is 60.7 Å². The van der Waals surface area contributed by atoms with Gasteiger partial charge in [-0.25, -0.2) is 19.8 Å². The zero-order valence-electron chi connectivity index (χ0n) is 21.5. The summed E-state index contributed by atoms with van der Waals surface area (Å²) in [7, 11) is 0. The first-order valence-electron chi connectivity index (χ1n) is 12.7. The number of ether oxygens (including phenoxy) is 1. The van der Waals surface area contributed by atoms with Gasteiger partial charge in [-0.15, -0.1) is 0 Å². The van der Waals surface area contributed by atoms with Crippen molar-refractivity contribution in [2.45, 2.75) is 37.8 Å². The maximum Gasteiger partial charge on any atom is 0.358 e. The van der Waals surface area contributed by atoms with Crippen LogP contribution in [-0.4, -0.2) is 87.4 Å². The maximum atomic E-state index is 13.5. The summed E-state index contributed by atoms with van der Waals surface area (Å²) in [6.45, 7) is -0.425. The molecule has 2 fully saturated rings. The van der Waals surface area contributed by atoms with Gasteiger partial charge in [-0.05, 0) is 37.1 Å². The number of hydrogen-bond acceptors (Lipinski definition) is 7. The third-order valence-electron chi connectivity index (χ3n) is 6.45. The average molecular weight is 552 g/mol. The number of para-hydroxylation sites is 1. The highest BCUT2D eigenvalue weighted by Gasteiger charge is 2.44. The van der Waals surface area contributed by atoms with Gasteiger partial charge < -0.3 is 15.2 Å². The van der Waals surface area contributed by atoms with Crippen LogP contribution in [0.2, 0.25) is 0 Å². The number of nitrogens with one attached hydrogen (secondary N) is 2. The van der Waals surface area contributed by atoms with Crippen molar-refractivity contribution in [3.8, 4) is 5.75 Å². The summed E-state index contributed by atoms with van der Waals surface area (Å²) in [6, 6.07) is 13.1. The summed E-state index contributed by atoms with van der Waals surface area (Å²) < 4.78 is 5.42. The molecule has 40 heavy (non-hydrogen) atoms. The number of carboxylic acid groups (broad SMARTS) is 1. The smallest absolute Gasteiger partial charge is 0.358 e. The third kappa shape index (κ3) is 6.73. The van der Waals surface area contributed by atoms with Crippen LogP contribution in [0.4, 0.5) is 4.79 Å². The number of nitrogens with zero attached hydrogens (tertiary/aromatic N) is 3. The largest absolute Gasteiger partial charge is 0.486 e. The number of hydrogen-bond donors (Lipinski definition) is 3. The van der Waals surface area contributed by atoms with E-state index in [2.05, 4.69) is 10.7 Å². The van der Waals surface area contributed by atoms with Crippen molar-refractivity contribution >= 4 is 35.5 Å². The number of ketones is 1. The molecular weight excluding hydrogens is 522 g/mol. The highest BCUT2D eigenvalue weighted by Crippen LogP contribution is 2.24. The van der Waals surface area contributed by atoms with Crippen molar-refractivity contribution in [1.82, 2.24) is 25.8 Å². The van der Waals surface area contributed by atoms with Gasteiger partial charge in [-0.2, -0.15) is 0 Å². The van der Waals surface area contributed by atoms with Crippen molar-refractivity contribution in [3.05, 3.63) is 66.2 Å². The van der Waals surface area contributed by atoms with E-state index in [0.29, 0.717) is 17.7 Å². The topological polar surface area (TPSA) is 166 Å². The number of urea groups is 1. The lowest BCUT2D eigenvalue weighted by Gasteiger charge is -2.43. The van der Waals surface area contributed by atoms with E-state index >= 15 is 0 Å². The Morgan fingerprint density at radius 2 is 1.65 bits per heavy atom. The average Bonchev–Trinajstić information content (AvgIpc) is 3.08. The van der Waals surface area contributed by atoms with Crippen LogP contribution >= 0.6 is 0 Å². The summed E-state index contributed by atoms with van der Waals surface area (Å²) in [4.78, 5) is 76.8. The van der Waals surface area contributed by atoms with Gasteiger partial charge >= 0.3 is 12.0 Å². The number of carboxylic acids is 1. The lowest BCUT2D eigenvalue weighted by Crippen LogP contribution is -2.65. The van der Waals surface area contributed by atoms with Crippen LogP contribution in [0.25, 0.3) is 0 Å². The van der Waals surface area contributed by atoms with Crippen LogP contribution in [0.5, 0.6) is 5.75 Å². The molecule has 2 heterocycles. The second-order valence-electron chi connectivity index (χ2n) is 9.24. The highest BCUT2D eigenvalue weighted by molar-refractivity contribution is 5.98. The van der Waals surface area contributed by atoms with Gasteiger partial charge in [0.05, 0.1) is 13.0 Å². The van der Waals surface area contributed by atoms with E-state index < -0.39 is 60.6 Å². The van der Waals surface area contributed by atoms with Crippen molar-refractivity contribution in [1.29, 1.82) is 0 Å². The maximum absolute atomic E-state index is 13.5. The fraction of sp³-hybridized carbons (Fsp3) is 0.333. The van der Waals surface area contributed by atoms with Gasteiger partial charge in [0.2, 0.25) is 11.8 Å². The van der Waals surface area contributed by atoms with Crippen LogP contribution in [0.3, 0.4) is 0 Å². The molecule has 13 heteroatoms. The van der Waals surface area contributed by atoms with E-state index in [9.17, 15) is 33.9 Å². The minimum atomic E-state index is -1.43. The lowest BCUT2D eigenvalue weighted by atomic mass is 10.0. The Morgan fingerprint density at radius 3 is 2.33 bits per heavy atom. The Kier molecular flexibility index (Phi) is 8.94. The minimum absolute atomic E-state index is 0.0946. The molecule has 0 radical (unpaired) electrons. The molecule has 2 aromatic rings. The molecule has 2 saturated heterocycles. The molecule has 13 nitrogen and oxygen atoms in total. The summed E-state index contributed by atoms with van der Waals surface area (Å²) in [5, 5.41) is 14.9. The Morgan fingerprint density at radius 1 is 0.975 bits per heavy atom. The van der Waals surface area contributed by atoms with E-state index in [4.69, 9.17) is 4.74 Å². The minimum Gasteiger partial charge on any atom is -0.486 e. The number of amides is 5. The summed E-state index contributed by atoms with van der Waals surface area (Å²) in [5.74, 6) is -3.40. The van der Waals surface area contributed by atoms with Gasteiger partial charge in [-0.3, -0.25) is 29.4 Å². The molecule has 210 valence electrons. The molecule has 2 aliphatic rings. The van der Waals surface area contributed by atoms with Crippen molar-refractivity contribution in [3.63, 3.8) is 0 Å². The molecular formula is C27H29N5O8. The number of fused-ring (bicyclic) bond motifs is 1. The van der Waals surface area contributed by atoms with Gasteiger partial charge in [0.25, 0.3) is 5.91 Å². The first-order valence-corrected chi connectivity index (χ1v) is 12.7. The second kappa shape index (κ2) is 12.7. The first kappa shape index (κ1) is 28.1. The second-order valence-corrected chi connectivity index (χ2v) is 9.24. The highest BCUT2D eigenvalue weighted by atomic mass is 16.5. The molecule has 0 unspecified atom stereocenters. The quantitative estimate of drug-likeness (QED) is 0.393. The molecule has 3 N–H and O–H groups in total. The molecule has 0 saturated carbocycles. The monoisotopic (exact) mass is 551 g/mol. The van der Waals surface area contributed by atoms with E-state index in [1.54, 1.807) is 60.7 Å². The summed E-state index contributed by atoms with van der Waals surface area (Å²) in [6.07, 6.45) is -0.261. The number of rotatable bonds is 10. The number of Topliss-reactive ketones (excluding diaryl/α,β-unsaturated/α-hetero) is 1. The molecule has 5 amide bonds. The van der Waals surface area contributed by atoms with E-state index in [0.717, 1.165) is 15.0 Å². The van der Waals surface area contributed by atoms with Crippen LogP contribution in [-0.2, 0) is 19.2 Å². The predicted molar refractivity (Wildman–Crippen MR) is 138 cm³/mol. The normalized spacial score (nSPS) is 17.8. The van der Waals surface area contributed by atoms with Crippen molar-refractivity contribution in [2.24, 2.45) is 0 Å². The third-order valence-corrected chi connectivity index (χ3v) is 6.45. The van der Waals surface area contributed by atoms with Crippen LogP contribution in [0, 0.1) is 0 Å². The van der Waals surface area contributed by atoms with Crippen molar-refractivity contribution in [2.75, 3.05) is 19.7 Å². The SMILES string of the molecule is O=C(O)C[C@H](NC(=O)[C@@H]1CCCN2C(=O)CCN(NC(=O)c3ccccc3)C(=O)N12)C(=O)COc1ccccc1. The number of hydrazine groups is 2. The molecule has 4 rings (SSSR count). The molecule has 2 aliphatic heterocycles. The molecule has 0 aliphatic carbocycles. The van der Waals surface area contributed by atoms with Crippen molar-refractivity contribution < 1.29 is 38.6 Å². The Balaban J connectivity index is 1.50. The Bertz CT molecular complexity index is 1270. The standard InChI is InChI=1S/C27H29N5O8/c33-22(17-40-19-10-5-2-6-11-19)20(16-24(35)36)28-26(38)21-12-7-14-31-23(34)13-15-30(27(39)32(21)31)29-25(37)18-8-3-1-4-9-18/h1-6,8-11,20-21H,7,12-17H2,(H,28,38)(H,29,37)(H,35,36)/t20-,21-/m0/s1. The van der Waals surface area contributed by atoms with Gasteiger partial charge in [0.15, 0.2) is 5.78 Å². The van der Waals surface area contributed by atoms with E-state index in [1.807, 2.05) is 0 Å². The van der Waals surface area contributed by atoms with E-state index in [-0.39, 0.29) is 25.9 Å². The molecule has 2 atom stereocenters. The zero-order chi connectivity index (χ0) is 28.6.